The Labute approximate surface area is 153 Å². The molecule has 2 aliphatic rings. The van der Waals surface area contributed by atoms with E-state index in [1.165, 1.54) is 43.6 Å². The summed E-state index contributed by atoms with van der Waals surface area (Å²) in [7, 11) is -0.194. The number of rotatable bonds is 0. The van der Waals surface area contributed by atoms with Gasteiger partial charge in [-0.3, -0.25) is 12.2 Å². The Balaban J connectivity index is -0.000000215. The minimum Gasteiger partial charge on any atom is -1.00 e. The average molecular weight is 538 g/mol. The summed E-state index contributed by atoms with van der Waals surface area (Å²) in [6, 6.07) is 0. The molecule has 0 heterocycles. The Morgan fingerprint density at radius 1 is 0.850 bits per heavy atom. The van der Waals surface area contributed by atoms with Gasteiger partial charge in [0.05, 0.1) is 0 Å². The summed E-state index contributed by atoms with van der Waals surface area (Å²) in [6.45, 7) is 8.42. The number of hydrogen-bond acceptors (Lipinski definition) is 0. The van der Waals surface area contributed by atoms with E-state index in [-0.39, 0.29) is 34.9 Å². The van der Waals surface area contributed by atoms with Gasteiger partial charge < -0.3 is 24.8 Å². The first-order valence-corrected chi connectivity index (χ1v) is 20.9. The second-order valence-corrected chi connectivity index (χ2v) is 27.9. The van der Waals surface area contributed by atoms with Crippen molar-refractivity contribution in [1.82, 2.24) is 0 Å². The molecule has 0 spiro atoms. The number of allylic oxidation sites excluding steroid dienone is 8. The molecule has 2 aliphatic carbocycles. The molecule has 20 heavy (non-hydrogen) atoms. The average Bonchev–Trinajstić information content (AvgIpc) is 2.76. The van der Waals surface area contributed by atoms with Crippen molar-refractivity contribution in [3.05, 3.63) is 46.6 Å². The fraction of sp³-hybridized carbons (Fsp3) is 0.500. The third kappa shape index (κ3) is 17.0. The molecule has 0 fully saturated rings. The molecule has 0 radical (unpaired) electrons. The van der Waals surface area contributed by atoms with Crippen molar-refractivity contribution in [2.24, 2.45) is 0 Å². The summed E-state index contributed by atoms with van der Waals surface area (Å²) in [5, 5.41) is 0. The quantitative estimate of drug-likeness (QED) is 0.274. The van der Waals surface area contributed by atoms with E-state index in [9.17, 15) is 0 Å². The summed E-state index contributed by atoms with van der Waals surface area (Å²) in [6.07, 6.45) is 12.8. The maximum atomic E-state index is 3.19. The van der Waals surface area contributed by atoms with Gasteiger partial charge in [0.25, 0.3) is 0 Å². The van der Waals surface area contributed by atoms with Crippen molar-refractivity contribution in [2.45, 2.75) is 52.0 Å². The zero-order valence-electron chi connectivity index (χ0n) is 13.3. The first kappa shape index (κ1) is 25.9. The largest absolute Gasteiger partial charge is 1.00 e. The van der Waals surface area contributed by atoms with Gasteiger partial charge >= 0.3 is 42.8 Å². The second-order valence-electron chi connectivity index (χ2n) is 5.05. The van der Waals surface area contributed by atoms with Crippen LogP contribution in [-0.4, -0.2) is 10.1 Å². The Kier molecular flexibility index (Phi) is 19.2. The minimum absolute atomic E-state index is 0. The van der Waals surface area contributed by atoms with Crippen molar-refractivity contribution < 1.29 is 46.1 Å². The van der Waals surface area contributed by atoms with Crippen LogP contribution in [0.5, 0.6) is 0 Å². The number of halogens is 2. The summed E-state index contributed by atoms with van der Waals surface area (Å²) in [4.78, 5) is 0. The molecule has 0 unspecified atom stereocenters. The molecule has 2 rings (SSSR count). The maximum Gasteiger partial charge on any atom is -1.00 e. The van der Waals surface area contributed by atoms with Crippen molar-refractivity contribution >= 4 is 10.1 Å². The molecular weight excluding hydrogens is 514 g/mol. The van der Waals surface area contributed by atoms with Gasteiger partial charge in [-0.2, -0.15) is 11.1 Å². The van der Waals surface area contributed by atoms with Crippen LogP contribution in [0.2, 0.25) is 11.5 Å². The normalized spacial score (nSPS) is 14.8. The molecule has 0 aliphatic heterocycles. The predicted octanol–water partition coefficient (Wildman–Crippen LogP) is -1.04. The third-order valence-corrected chi connectivity index (χ3v) is 2.22. The van der Waals surface area contributed by atoms with Gasteiger partial charge in [0, 0.05) is 0 Å². The van der Waals surface area contributed by atoms with E-state index in [0.29, 0.717) is 0 Å². The van der Waals surface area contributed by atoms with Gasteiger partial charge in [-0.15, -0.1) is 12.8 Å². The van der Waals surface area contributed by atoms with E-state index in [0.717, 1.165) is 12.8 Å². The molecule has 0 amide bonds. The first-order valence-electron chi connectivity index (χ1n) is 6.32. The van der Waals surface area contributed by atoms with Crippen LogP contribution in [0.3, 0.4) is 0 Å². The first-order chi connectivity index (χ1) is 8.31. The number of hydrogen-bond donors (Lipinski definition) is 0. The molecule has 0 bridgehead atoms. The van der Waals surface area contributed by atoms with Gasteiger partial charge in [-0.05, 0) is 0 Å². The zero-order chi connectivity index (χ0) is 14.1. The van der Waals surface area contributed by atoms with Crippen LogP contribution in [0.1, 0.15) is 40.5 Å². The standard InChI is InChI=1S/2C7H9.C2H6Ge.2ClH.Hf/c2*1-6-3-4-7(2)5-6;1-3-2;;;/h2*5H,3H2,1-2H3;1-2H3;2*1H;/q2*-1;;;;+2/p-2. The third-order valence-electron chi connectivity index (χ3n) is 2.22. The van der Waals surface area contributed by atoms with E-state index < -0.39 is 0 Å². The molecule has 0 nitrogen and oxygen atoms in total. The Hall–Kier alpha value is 0.953. The van der Waals surface area contributed by atoms with Crippen molar-refractivity contribution in [3.63, 3.8) is 0 Å². The van der Waals surface area contributed by atoms with E-state index in [1.54, 1.807) is 0 Å². The van der Waals surface area contributed by atoms with E-state index in [1.807, 2.05) is 0 Å². The molecule has 0 N–H and O–H groups in total. The maximum absolute atomic E-state index is 3.19. The summed E-state index contributed by atoms with van der Waals surface area (Å²) >= 11 is 1.52. The van der Waals surface area contributed by atoms with Crippen LogP contribution < -0.4 is 24.8 Å². The van der Waals surface area contributed by atoms with E-state index >= 15 is 0 Å². The van der Waals surface area contributed by atoms with Crippen LogP contribution >= 0.6 is 0 Å². The van der Waals surface area contributed by atoms with Crippen LogP contribution in [0.15, 0.2) is 34.4 Å². The molecule has 0 aromatic carbocycles. The van der Waals surface area contributed by atoms with Crippen LogP contribution in [-0.2, 0) is 21.3 Å². The summed E-state index contributed by atoms with van der Waals surface area (Å²) in [5.74, 6) is 4.79. The Morgan fingerprint density at radius 3 is 1.15 bits per heavy atom. The molecule has 4 heteroatoms. The Morgan fingerprint density at radius 2 is 1.10 bits per heavy atom. The fourth-order valence-electron chi connectivity index (χ4n) is 1.50. The van der Waals surface area contributed by atoms with Crippen molar-refractivity contribution in [2.75, 3.05) is 0 Å². The van der Waals surface area contributed by atoms with Crippen LogP contribution in [0, 0.1) is 12.2 Å². The molecule has 0 atom stereocenters. The second kappa shape index (κ2) is 14.9. The van der Waals surface area contributed by atoms with Gasteiger partial charge in [0.1, 0.15) is 0 Å². The predicted molar refractivity (Wildman–Crippen MR) is 79.1 cm³/mol. The van der Waals surface area contributed by atoms with Gasteiger partial charge in [0.15, 0.2) is 0 Å². The summed E-state index contributed by atoms with van der Waals surface area (Å²) in [5.41, 5.74) is 5.44. The Bertz CT molecular complexity index is 380. The molecular formula is C16H24Cl2GeHf-2. The van der Waals surface area contributed by atoms with Gasteiger partial charge in [0.2, 0.25) is 0 Å². The molecule has 0 aromatic rings. The van der Waals surface area contributed by atoms with Gasteiger partial charge in [-0.25, -0.2) is 23.3 Å². The molecule has 112 valence electrons. The van der Waals surface area contributed by atoms with E-state index in [2.05, 4.69) is 63.5 Å². The zero-order valence-corrected chi connectivity index (χ0v) is 20.5. The molecule has 0 saturated heterocycles. The van der Waals surface area contributed by atoms with Crippen molar-refractivity contribution in [1.29, 1.82) is 0 Å². The SMILES string of the molecule is CC1=[C-]CC(C)=C1.CC1=[C-]CC(C)=C1.[CH3][Ge]([CH3])=[Hf+2].[Cl-].[Cl-]. The fourth-order valence-corrected chi connectivity index (χ4v) is 1.50. The van der Waals surface area contributed by atoms with Gasteiger partial charge in [-0.1, -0.05) is 27.7 Å². The monoisotopic (exact) mass is 540 g/mol. The minimum atomic E-state index is -0.194. The molecule has 0 saturated carbocycles. The summed E-state index contributed by atoms with van der Waals surface area (Å²) < 4.78 is 0. The van der Waals surface area contributed by atoms with Crippen LogP contribution in [0.25, 0.3) is 0 Å². The van der Waals surface area contributed by atoms with E-state index in [4.69, 9.17) is 0 Å². The molecule has 0 aromatic heterocycles. The van der Waals surface area contributed by atoms with Crippen LogP contribution in [0.4, 0.5) is 0 Å². The topological polar surface area (TPSA) is 0 Å². The van der Waals surface area contributed by atoms with Crippen molar-refractivity contribution in [3.8, 4) is 0 Å². The smallest absolute Gasteiger partial charge is 1.00 e.